The molecule has 118 valence electrons. The van der Waals surface area contributed by atoms with Gasteiger partial charge in [0.2, 0.25) is 0 Å². The van der Waals surface area contributed by atoms with Crippen molar-refractivity contribution in [3.05, 3.63) is 0 Å². The van der Waals surface area contributed by atoms with Gasteiger partial charge in [0, 0.05) is 0 Å². The summed E-state index contributed by atoms with van der Waals surface area (Å²) < 4.78 is 6.96. The molecule has 1 nitrogen and oxygen atoms in total. The zero-order valence-corrected chi connectivity index (χ0v) is 15.2. The van der Waals surface area contributed by atoms with Crippen LogP contribution in [-0.2, 0) is 4.52 Å². The van der Waals surface area contributed by atoms with Gasteiger partial charge in [-0.25, -0.2) is 4.52 Å². The van der Waals surface area contributed by atoms with Crippen LogP contribution in [0.4, 0.5) is 0 Å². The average molecular weight is 299 g/mol. The van der Waals surface area contributed by atoms with Crippen LogP contribution in [0.1, 0.15) is 91.9 Å². The van der Waals surface area contributed by atoms with Crippen molar-refractivity contribution in [1.29, 1.82) is 0 Å². The van der Waals surface area contributed by atoms with E-state index in [0.29, 0.717) is 0 Å². The van der Waals surface area contributed by atoms with Crippen molar-refractivity contribution >= 4 is 7.49 Å². The van der Waals surface area contributed by atoms with Crippen LogP contribution in [0, 0.1) is 0 Å². The van der Waals surface area contributed by atoms with Gasteiger partial charge >= 0.3 is 0 Å². The number of hydrogen-bond donors (Lipinski definition) is 0. The van der Waals surface area contributed by atoms with Crippen LogP contribution >= 0.6 is 7.49 Å². The van der Waals surface area contributed by atoms with E-state index in [9.17, 15) is 0 Å². The van der Waals surface area contributed by atoms with E-state index in [4.69, 9.17) is 4.52 Å². The number of rotatable bonds is 4. The van der Waals surface area contributed by atoms with Crippen LogP contribution in [0.5, 0.6) is 0 Å². The zero-order chi connectivity index (χ0) is 14.6. The van der Waals surface area contributed by atoms with E-state index >= 15 is 0 Å². The molecule has 2 rings (SSSR count). The Hall–Kier alpha value is 0.390. The molecule has 0 heterocycles. The fourth-order valence-electron chi connectivity index (χ4n) is 4.57. The van der Waals surface area contributed by atoms with E-state index in [2.05, 4.69) is 27.7 Å². The fraction of sp³-hybridized carbons (Fsp3) is 1.00. The van der Waals surface area contributed by atoms with E-state index in [-0.39, 0.29) is 5.60 Å². The fourth-order valence-corrected chi connectivity index (χ4v) is 10.1. The second-order valence-electron chi connectivity index (χ2n) is 7.96. The van der Waals surface area contributed by atoms with Crippen LogP contribution in [-0.4, -0.2) is 23.1 Å². The first-order valence-corrected chi connectivity index (χ1v) is 11.1. The molecule has 0 unspecified atom stereocenters. The monoisotopic (exact) mass is 299 g/mol. The smallest absolute Gasteiger partial charge is 0.152 e. The number of hydrogen-bond acceptors (Lipinski definition) is 1. The van der Waals surface area contributed by atoms with Crippen LogP contribution in [0.15, 0.2) is 0 Å². The molecule has 2 aliphatic carbocycles. The molecule has 0 atom stereocenters. The van der Waals surface area contributed by atoms with Crippen LogP contribution in [0.3, 0.4) is 0 Å². The zero-order valence-electron chi connectivity index (χ0n) is 14.3. The Morgan fingerprint density at radius 2 is 1.20 bits per heavy atom. The molecule has 0 aromatic heterocycles. The third kappa shape index (κ3) is 3.98. The van der Waals surface area contributed by atoms with Crippen molar-refractivity contribution in [2.45, 2.75) is 109 Å². The minimum absolute atomic E-state index is 0.0404. The Morgan fingerprint density at radius 1 is 0.800 bits per heavy atom. The normalized spacial score (nSPS) is 24.0. The lowest BCUT2D eigenvalue weighted by Gasteiger charge is -2.44. The predicted octanol–water partition coefficient (Wildman–Crippen LogP) is 6.42. The molecule has 2 fully saturated rings. The summed E-state index contributed by atoms with van der Waals surface area (Å²) in [6.45, 7) is 9.28. The summed E-state index contributed by atoms with van der Waals surface area (Å²) in [7, 11) is -1.25. The van der Waals surface area contributed by atoms with Gasteiger partial charge in [-0.15, -0.1) is 0 Å². The highest BCUT2D eigenvalue weighted by Crippen LogP contribution is 2.74. The maximum Gasteiger partial charge on any atom is 0.152 e. The molecule has 2 aliphatic rings. The predicted molar refractivity (Wildman–Crippen MR) is 92.0 cm³/mol. The first-order valence-electron chi connectivity index (χ1n) is 9.06. The van der Waals surface area contributed by atoms with Crippen molar-refractivity contribution in [2.75, 3.05) is 6.16 Å². The second kappa shape index (κ2) is 7.10. The summed E-state index contributed by atoms with van der Waals surface area (Å²) >= 11 is 0. The molecule has 0 radical (unpaired) electrons. The summed E-state index contributed by atoms with van der Waals surface area (Å²) in [5.41, 5.74) is 1.88. The summed E-state index contributed by atoms with van der Waals surface area (Å²) in [4.78, 5) is 0. The molecule has 2 heteroatoms. The molecule has 0 bridgehead atoms. The van der Waals surface area contributed by atoms with Gasteiger partial charge in [-0.05, 0) is 79.1 Å². The lowest BCUT2D eigenvalue weighted by atomic mass is 9.99. The maximum absolute atomic E-state index is 6.96. The maximum atomic E-state index is 6.96. The largest absolute Gasteiger partial charge is 0.232 e. The minimum Gasteiger partial charge on any atom is -0.232 e. The Bertz CT molecular complexity index is 264. The minimum atomic E-state index is -1.25. The highest BCUT2D eigenvalue weighted by molar-refractivity contribution is 7.72. The SMILES string of the molecule is CC[P+](OC(C)(C)C)(C1CCCCC1)C1CCCCC1. The van der Waals surface area contributed by atoms with E-state index in [1.807, 2.05) is 0 Å². The topological polar surface area (TPSA) is 9.23 Å². The quantitative estimate of drug-likeness (QED) is 0.544. The molecule has 0 saturated heterocycles. The summed E-state index contributed by atoms with van der Waals surface area (Å²) in [5, 5.41) is 0. The van der Waals surface area contributed by atoms with Crippen LogP contribution in [0.2, 0.25) is 0 Å². The Balaban J connectivity index is 2.22. The highest BCUT2D eigenvalue weighted by Gasteiger charge is 2.55. The first kappa shape index (κ1) is 16.8. The molecule has 20 heavy (non-hydrogen) atoms. The van der Waals surface area contributed by atoms with Gasteiger partial charge in [0.1, 0.15) is 5.60 Å². The molecule has 0 N–H and O–H groups in total. The van der Waals surface area contributed by atoms with Gasteiger partial charge in [0.25, 0.3) is 0 Å². The van der Waals surface area contributed by atoms with Crippen LogP contribution in [0.25, 0.3) is 0 Å². The summed E-state index contributed by atoms with van der Waals surface area (Å²) in [6.07, 6.45) is 15.9. The average Bonchev–Trinajstić information content (AvgIpc) is 2.46. The molecule has 0 aromatic rings. The molecular weight excluding hydrogens is 263 g/mol. The standard InChI is InChI=1S/C18H36OP/c1-5-20(19-18(2,3)4,16-12-8-6-9-13-16)17-14-10-7-11-15-17/h16-17H,5-15H2,1-4H3/q+1. The van der Waals surface area contributed by atoms with Gasteiger partial charge in [0.15, 0.2) is 7.49 Å². The van der Waals surface area contributed by atoms with E-state index in [1.165, 1.54) is 70.4 Å². The van der Waals surface area contributed by atoms with Gasteiger partial charge in [0.05, 0.1) is 17.5 Å². The molecule has 0 aliphatic heterocycles. The van der Waals surface area contributed by atoms with Crippen molar-refractivity contribution in [3.8, 4) is 0 Å². The molecule has 0 spiro atoms. The molecule has 0 amide bonds. The van der Waals surface area contributed by atoms with Crippen molar-refractivity contribution in [3.63, 3.8) is 0 Å². The Labute approximate surface area is 127 Å². The lowest BCUT2D eigenvalue weighted by Crippen LogP contribution is -2.35. The Kier molecular flexibility index (Phi) is 5.95. The van der Waals surface area contributed by atoms with Crippen molar-refractivity contribution in [1.82, 2.24) is 0 Å². The van der Waals surface area contributed by atoms with Crippen LogP contribution < -0.4 is 0 Å². The summed E-state index contributed by atoms with van der Waals surface area (Å²) in [5.74, 6) is 0. The van der Waals surface area contributed by atoms with Crippen molar-refractivity contribution in [2.24, 2.45) is 0 Å². The van der Waals surface area contributed by atoms with Gasteiger partial charge < -0.3 is 0 Å². The highest BCUT2D eigenvalue weighted by atomic mass is 31.2. The summed E-state index contributed by atoms with van der Waals surface area (Å²) in [6, 6.07) is 0. The third-order valence-electron chi connectivity index (χ3n) is 5.32. The second-order valence-corrected chi connectivity index (χ2v) is 11.9. The first-order chi connectivity index (χ1) is 9.48. The van der Waals surface area contributed by atoms with E-state index in [1.54, 1.807) is 0 Å². The van der Waals surface area contributed by atoms with Gasteiger partial charge in [-0.1, -0.05) is 12.8 Å². The van der Waals surface area contributed by atoms with Crippen molar-refractivity contribution < 1.29 is 4.52 Å². The molecular formula is C18H36OP+. The molecule has 0 aromatic carbocycles. The lowest BCUT2D eigenvalue weighted by molar-refractivity contribution is 0.134. The third-order valence-corrected chi connectivity index (χ3v) is 10.7. The van der Waals surface area contributed by atoms with E-state index < -0.39 is 7.49 Å². The van der Waals surface area contributed by atoms with Gasteiger partial charge in [-0.2, -0.15) is 0 Å². The van der Waals surface area contributed by atoms with Gasteiger partial charge in [-0.3, -0.25) is 0 Å². The Morgan fingerprint density at radius 3 is 1.50 bits per heavy atom. The molecule has 2 saturated carbocycles. The van der Waals surface area contributed by atoms with E-state index in [0.717, 1.165) is 11.3 Å².